The molecule has 0 saturated carbocycles. The number of sulfone groups is 1. The smallest absolute Gasteiger partial charge is 0.410 e. The van der Waals surface area contributed by atoms with Gasteiger partial charge in [0.05, 0.1) is 11.5 Å². The number of likely N-dealkylation sites (tertiary alicyclic amines) is 1. The summed E-state index contributed by atoms with van der Waals surface area (Å²) in [5.41, 5.74) is 0.411. The minimum Gasteiger partial charge on any atom is -0.444 e. The van der Waals surface area contributed by atoms with E-state index in [0.717, 1.165) is 12.0 Å². The van der Waals surface area contributed by atoms with Crippen LogP contribution in [-0.2, 0) is 21.1 Å². The van der Waals surface area contributed by atoms with Crippen LogP contribution in [0.3, 0.4) is 0 Å². The standard InChI is InChI=1S/C21H30Cl2N2O4S/c1-21(2,3)29-20(26)24-9-6-18(14-24)25(17-7-10-30(27,28)11-8-17)13-15-4-5-16(22)12-19(15)23/h4-5,12,17-18H,6-11,13-14H2,1-3H3/t18-/m0/s1. The summed E-state index contributed by atoms with van der Waals surface area (Å²) in [7, 11) is -2.96. The molecular formula is C21H30Cl2N2O4S. The van der Waals surface area contributed by atoms with Crippen LogP contribution in [0.2, 0.25) is 10.0 Å². The first-order valence-corrected chi connectivity index (χ1v) is 12.9. The molecule has 1 amide bonds. The fourth-order valence-corrected chi connectivity index (χ4v) is 6.05. The third kappa shape index (κ3) is 6.25. The van der Waals surface area contributed by atoms with E-state index in [-0.39, 0.29) is 29.7 Å². The molecule has 0 N–H and O–H groups in total. The third-order valence-corrected chi connectivity index (χ3v) is 7.95. The Hall–Kier alpha value is -1.02. The lowest BCUT2D eigenvalue weighted by molar-refractivity contribution is 0.0268. The normalized spacial score (nSPS) is 22.5. The predicted octanol–water partition coefficient (Wildman–Crippen LogP) is 4.38. The molecule has 30 heavy (non-hydrogen) atoms. The summed E-state index contributed by atoms with van der Waals surface area (Å²) >= 11 is 12.5. The van der Waals surface area contributed by atoms with Crippen LogP contribution in [-0.4, -0.2) is 66.6 Å². The monoisotopic (exact) mass is 476 g/mol. The maximum atomic E-state index is 12.5. The molecule has 1 aromatic rings. The highest BCUT2D eigenvalue weighted by Crippen LogP contribution is 2.30. The zero-order valence-corrected chi connectivity index (χ0v) is 20.1. The van der Waals surface area contributed by atoms with Gasteiger partial charge in [0.1, 0.15) is 15.4 Å². The minimum atomic E-state index is -2.96. The highest BCUT2D eigenvalue weighted by atomic mass is 35.5. The van der Waals surface area contributed by atoms with Gasteiger partial charge in [-0.15, -0.1) is 0 Å². The van der Waals surface area contributed by atoms with Crippen LogP contribution in [0.4, 0.5) is 4.79 Å². The first-order valence-electron chi connectivity index (χ1n) is 10.3. The van der Waals surface area contributed by atoms with Crippen molar-refractivity contribution in [3.63, 3.8) is 0 Å². The Kier molecular flexibility index (Phi) is 7.27. The van der Waals surface area contributed by atoms with Crippen molar-refractivity contribution in [2.45, 2.75) is 64.3 Å². The van der Waals surface area contributed by atoms with Crippen LogP contribution in [0.15, 0.2) is 18.2 Å². The minimum absolute atomic E-state index is 0.120. The van der Waals surface area contributed by atoms with Gasteiger partial charge in [0, 0.05) is 41.8 Å². The van der Waals surface area contributed by atoms with Gasteiger partial charge >= 0.3 is 6.09 Å². The van der Waals surface area contributed by atoms with E-state index in [0.29, 0.717) is 42.5 Å². The first kappa shape index (κ1) is 23.6. The molecule has 0 aliphatic carbocycles. The predicted molar refractivity (Wildman–Crippen MR) is 120 cm³/mol. The second kappa shape index (κ2) is 9.23. The Morgan fingerprint density at radius 2 is 1.83 bits per heavy atom. The van der Waals surface area contributed by atoms with E-state index in [1.807, 2.05) is 32.9 Å². The van der Waals surface area contributed by atoms with Crippen molar-refractivity contribution < 1.29 is 17.9 Å². The highest BCUT2D eigenvalue weighted by Gasteiger charge is 2.37. The molecule has 1 aromatic carbocycles. The summed E-state index contributed by atoms with van der Waals surface area (Å²) < 4.78 is 29.4. The van der Waals surface area contributed by atoms with Gasteiger partial charge in [-0.3, -0.25) is 4.90 Å². The van der Waals surface area contributed by atoms with E-state index in [2.05, 4.69) is 4.90 Å². The van der Waals surface area contributed by atoms with Gasteiger partial charge in [0.25, 0.3) is 0 Å². The molecule has 0 unspecified atom stereocenters. The lowest BCUT2D eigenvalue weighted by atomic mass is 10.0. The molecule has 0 bridgehead atoms. The molecule has 3 rings (SSSR count). The SMILES string of the molecule is CC(C)(C)OC(=O)N1CC[C@H](N(Cc2ccc(Cl)cc2Cl)C2CCS(=O)(=O)CC2)C1. The van der Waals surface area contributed by atoms with Gasteiger partial charge in [-0.05, 0) is 57.7 Å². The summed E-state index contributed by atoms with van der Waals surface area (Å²) in [5, 5.41) is 1.17. The van der Waals surface area contributed by atoms with Gasteiger partial charge < -0.3 is 9.64 Å². The second-order valence-corrected chi connectivity index (χ2v) is 12.3. The zero-order valence-electron chi connectivity index (χ0n) is 17.7. The molecule has 2 aliphatic rings. The molecule has 0 aromatic heterocycles. The zero-order chi connectivity index (χ0) is 22.1. The van der Waals surface area contributed by atoms with Gasteiger partial charge in [0.15, 0.2) is 0 Å². The Morgan fingerprint density at radius 1 is 1.17 bits per heavy atom. The van der Waals surface area contributed by atoms with E-state index in [9.17, 15) is 13.2 Å². The quantitative estimate of drug-likeness (QED) is 0.644. The number of rotatable bonds is 4. The van der Waals surface area contributed by atoms with Gasteiger partial charge in [-0.1, -0.05) is 29.3 Å². The van der Waals surface area contributed by atoms with Crippen molar-refractivity contribution >= 4 is 39.1 Å². The Balaban J connectivity index is 1.77. The topological polar surface area (TPSA) is 66.9 Å². The molecule has 2 heterocycles. The van der Waals surface area contributed by atoms with E-state index >= 15 is 0 Å². The second-order valence-electron chi connectivity index (χ2n) is 9.16. The molecule has 9 heteroatoms. The number of hydrogen-bond donors (Lipinski definition) is 0. The first-order chi connectivity index (χ1) is 13.9. The van der Waals surface area contributed by atoms with E-state index in [4.69, 9.17) is 27.9 Å². The molecule has 2 fully saturated rings. The van der Waals surface area contributed by atoms with Crippen LogP contribution in [0, 0.1) is 0 Å². The molecule has 0 radical (unpaired) electrons. The van der Waals surface area contributed by atoms with Crippen molar-refractivity contribution in [3.05, 3.63) is 33.8 Å². The van der Waals surface area contributed by atoms with Crippen molar-refractivity contribution in [3.8, 4) is 0 Å². The molecule has 0 spiro atoms. The summed E-state index contributed by atoms with van der Waals surface area (Å²) in [4.78, 5) is 16.6. The number of hydrogen-bond acceptors (Lipinski definition) is 5. The Labute approximate surface area is 189 Å². The summed E-state index contributed by atoms with van der Waals surface area (Å²) in [6.45, 7) is 7.34. The van der Waals surface area contributed by atoms with Crippen molar-refractivity contribution in [2.24, 2.45) is 0 Å². The number of halogens is 2. The van der Waals surface area contributed by atoms with E-state index < -0.39 is 15.4 Å². The summed E-state index contributed by atoms with van der Waals surface area (Å²) in [6, 6.07) is 5.70. The molecule has 2 saturated heterocycles. The average Bonchev–Trinajstić information content (AvgIpc) is 3.10. The molecular weight excluding hydrogens is 447 g/mol. The van der Waals surface area contributed by atoms with Crippen molar-refractivity contribution in [1.29, 1.82) is 0 Å². The Morgan fingerprint density at radius 3 is 2.43 bits per heavy atom. The van der Waals surface area contributed by atoms with E-state index in [1.165, 1.54) is 0 Å². The molecule has 1 atom stereocenters. The number of benzene rings is 1. The van der Waals surface area contributed by atoms with Gasteiger partial charge in [-0.25, -0.2) is 13.2 Å². The largest absolute Gasteiger partial charge is 0.444 e. The lowest BCUT2D eigenvalue weighted by Crippen LogP contribution is -2.48. The molecule has 168 valence electrons. The fraction of sp³-hybridized carbons (Fsp3) is 0.667. The third-order valence-electron chi connectivity index (χ3n) is 5.65. The number of ether oxygens (including phenoxy) is 1. The van der Waals surface area contributed by atoms with Crippen LogP contribution in [0.1, 0.15) is 45.6 Å². The number of nitrogens with zero attached hydrogens (tertiary/aromatic N) is 2. The van der Waals surface area contributed by atoms with Gasteiger partial charge in [-0.2, -0.15) is 0 Å². The number of amides is 1. The highest BCUT2D eigenvalue weighted by molar-refractivity contribution is 7.91. The Bertz CT molecular complexity index is 871. The maximum Gasteiger partial charge on any atom is 0.410 e. The van der Waals surface area contributed by atoms with Crippen LogP contribution >= 0.6 is 23.2 Å². The van der Waals surface area contributed by atoms with Crippen LogP contribution < -0.4 is 0 Å². The fourth-order valence-electron chi connectivity index (χ4n) is 4.12. The molecule has 6 nitrogen and oxygen atoms in total. The lowest BCUT2D eigenvalue weighted by Gasteiger charge is -2.38. The van der Waals surface area contributed by atoms with Gasteiger partial charge in [0.2, 0.25) is 0 Å². The summed E-state index contributed by atoms with van der Waals surface area (Å²) in [6.07, 6.45) is 1.70. The van der Waals surface area contributed by atoms with Crippen molar-refractivity contribution in [2.75, 3.05) is 24.6 Å². The van der Waals surface area contributed by atoms with Crippen molar-refractivity contribution in [1.82, 2.24) is 9.80 Å². The number of carbonyl (C=O) groups excluding carboxylic acids is 1. The number of carbonyl (C=O) groups is 1. The van der Waals surface area contributed by atoms with E-state index in [1.54, 1.807) is 11.0 Å². The van der Waals surface area contributed by atoms with Crippen LogP contribution in [0.25, 0.3) is 0 Å². The average molecular weight is 477 g/mol. The summed E-state index contributed by atoms with van der Waals surface area (Å²) in [5.74, 6) is 0.399. The maximum absolute atomic E-state index is 12.5. The van der Waals surface area contributed by atoms with Crippen LogP contribution in [0.5, 0.6) is 0 Å². The molecule has 2 aliphatic heterocycles.